The molecule has 0 aliphatic rings. The normalized spacial score (nSPS) is 11.0. The molecule has 0 bridgehead atoms. The Bertz CT molecular complexity index is 816. The molecule has 2 nitrogen and oxygen atoms in total. The molecule has 0 aliphatic carbocycles. The highest BCUT2D eigenvalue weighted by atomic mass is 35.5. The van der Waals surface area contributed by atoms with Crippen molar-refractivity contribution in [2.75, 3.05) is 0 Å². The van der Waals surface area contributed by atoms with Crippen molar-refractivity contribution in [2.24, 2.45) is 0 Å². The molecule has 0 saturated heterocycles. The number of nitrogens with zero attached hydrogens (tertiary/aromatic N) is 2. The van der Waals surface area contributed by atoms with Crippen molar-refractivity contribution in [1.82, 2.24) is 9.97 Å². The van der Waals surface area contributed by atoms with Gasteiger partial charge in [-0.15, -0.1) is 0 Å². The van der Waals surface area contributed by atoms with Crippen LogP contribution < -0.4 is 0 Å². The quantitative estimate of drug-likeness (QED) is 0.547. The second-order valence-corrected chi connectivity index (χ2v) is 5.68. The largest absolute Gasteiger partial charge is 0.228 e. The lowest BCUT2D eigenvalue weighted by molar-refractivity contribution is 1.22. The molecular weight excluding hydrogens is 315 g/mol. The first-order valence-electron chi connectivity index (χ1n) is 5.94. The molecule has 0 N–H and O–H groups in total. The molecule has 2 aromatic carbocycles. The van der Waals surface area contributed by atoms with Crippen LogP contribution >= 0.6 is 34.8 Å². The molecule has 0 saturated carbocycles. The van der Waals surface area contributed by atoms with E-state index in [9.17, 15) is 0 Å². The van der Waals surface area contributed by atoms with E-state index in [1.54, 1.807) is 18.2 Å². The molecule has 3 rings (SSSR count). The van der Waals surface area contributed by atoms with Gasteiger partial charge in [0.05, 0.1) is 10.5 Å². The van der Waals surface area contributed by atoms with Crippen molar-refractivity contribution in [3.63, 3.8) is 0 Å². The molecule has 0 spiro atoms. The molecule has 1 heterocycles. The molecule has 20 heavy (non-hydrogen) atoms. The third-order valence-electron chi connectivity index (χ3n) is 2.98. The molecule has 5 heteroatoms. The maximum atomic E-state index is 6.25. The van der Waals surface area contributed by atoms with Gasteiger partial charge in [-0.25, -0.2) is 9.97 Å². The number of halogens is 3. The lowest BCUT2D eigenvalue weighted by Gasteiger charge is -2.07. The van der Waals surface area contributed by atoms with E-state index < -0.39 is 0 Å². The van der Waals surface area contributed by atoms with Crippen molar-refractivity contribution in [3.05, 3.63) is 57.2 Å². The van der Waals surface area contributed by atoms with Crippen LogP contribution in [0.15, 0.2) is 36.4 Å². The minimum Gasteiger partial charge on any atom is -0.228 e. The van der Waals surface area contributed by atoms with Gasteiger partial charge in [-0.05, 0) is 42.8 Å². The van der Waals surface area contributed by atoms with E-state index in [-0.39, 0.29) is 0 Å². The molecule has 0 atom stereocenters. The molecule has 100 valence electrons. The van der Waals surface area contributed by atoms with E-state index in [4.69, 9.17) is 34.8 Å². The van der Waals surface area contributed by atoms with Gasteiger partial charge in [-0.1, -0.05) is 40.9 Å². The van der Waals surface area contributed by atoms with Crippen molar-refractivity contribution in [1.29, 1.82) is 0 Å². The topological polar surface area (TPSA) is 25.8 Å². The molecule has 0 fully saturated rings. The van der Waals surface area contributed by atoms with Crippen LogP contribution in [-0.2, 0) is 0 Å². The summed E-state index contributed by atoms with van der Waals surface area (Å²) in [4.78, 5) is 8.81. The number of benzene rings is 2. The van der Waals surface area contributed by atoms with Gasteiger partial charge in [0.2, 0.25) is 0 Å². The van der Waals surface area contributed by atoms with Gasteiger partial charge >= 0.3 is 0 Å². The number of aryl methyl sites for hydroxylation is 1. The third kappa shape index (κ3) is 2.47. The zero-order chi connectivity index (χ0) is 14.3. The average molecular weight is 324 g/mol. The lowest BCUT2D eigenvalue weighted by Crippen LogP contribution is -1.93. The van der Waals surface area contributed by atoms with Crippen LogP contribution in [0.5, 0.6) is 0 Å². The monoisotopic (exact) mass is 322 g/mol. The summed E-state index contributed by atoms with van der Waals surface area (Å²) in [6.07, 6.45) is 0. The fourth-order valence-corrected chi connectivity index (χ4v) is 2.71. The van der Waals surface area contributed by atoms with Gasteiger partial charge < -0.3 is 0 Å². The van der Waals surface area contributed by atoms with Crippen LogP contribution in [0.3, 0.4) is 0 Å². The van der Waals surface area contributed by atoms with Crippen LogP contribution in [0.1, 0.15) is 5.56 Å². The Kier molecular flexibility index (Phi) is 3.55. The van der Waals surface area contributed by atoms with E-state index in [1.807, 2.05) is 25.1 Å². The van der Waals surface area contributed by atoms with Crippen molar-refractivity contribution < 1.29 is 0 Å². The molecule has 1 aromatic heterocycles. The lowest BCUT2D eigenvalue weighted by atomic mass is 10.1. The maximum Gasteiger partial charge on any atom is 0.162 e. The number of aromatic nitrogens is 2. The average Bonchev–Trinajstić information content (AvgIpc) is 2.37. The first-order valence-corrected chi connectivity index (χ1v) is 7.07. The molecule has 3 aromatic rings. The van der Waals surface area contributed by atoms with Crippen molar-refractivity contribution >= 4 is 45.7 Å². The second kappa shape index (κ2) is 5.21. The van der Waals surface area contributed by atoms with Crippen LogP contribution in [0, 0.1) is 6.92 Å². The predicted molar refractivity (Wildman–Crippen MR) is 84.7 cm³/mol. The van der Waals surface area contributed by atoms with Crippen LogP contribution in [0.25, 0.3) is 22.3 Å². The van der Waals surface area contributed by atoms with E-state index in [2.05, 4.69) is 9.97 Å². The van der Waals surface area contributed by atoms with E-state index in [0.717, 1.165) is 16.5 Å². The Labute approximate surface area is 131 Å². The standard InChI is InChI=1S/C15H9Cl3N2/c1-8-2-4-10(12(17)6-8)15-19-13-7-9(16)3-5-11(13)14(18)20-15/h2-7H,1H3. The van der Waals surface area contributed by atoms with E-state index in [0.29, 0.717) is 26.5 Å². The molecule has 0 amide bonds. The molecule has 0 radical (unpaired) electrons. The summed E-state index contributed by atoms with van der Waals surface area (Å²) in [6, 6.07) is 11.0. The fourth-order valence-electron chi connectivity index (χ4n) is 1.99. The highest BCUT2D eigenvalue weighted by Gasteiger charge is 2.11. The van der Waals surface area contributed by atoms with Gasteiger partial charge in [0, 0.05) is 16.0 Å². The minimum atomic E-state index is 0.387. The predicted octanol–water partition coefficient (Wildman–Crippen LogP) is 5.57. The van der Waals surface area contributed by atoms with Gasteiger partial charge in [-0.3, -0.25) is 0 Å². The van der Waals surface area contributed by atoms with Gasteiger partial charge in [-0.2, -0.15) is 0 Å². The Morgan fingerprint density at radius 2 is 1.70 bits per heavy atom. The summed E-state index contributed by atoms with van der Waals surface area (Å²) in [5, 5.41) is 2.36. The zero-order valence-corrected chi connectivity index (χ0v) is 12.8. The molecule has 0 unspecified atom stereocenters. The summed E-state index contributed by atoms with van der Waals surface area (Å²) >= 11 is 18.5. The van der Waals surface area contributed by atoms with Crippen molar-refractivity contribution in [2.45, 2.75) is 6.92 Å². The summed E-state index contributed by atoms with van der Waals surface area (Å²) < 4.78 is 0. The van der Waals surface area contributed by atoms with Crippen LogP contribution in [0.4, 0.5) is 0 Å². The molecule has 0 aliphatic heterocycles. The highest BCUT2D eigenvalue weighted by molar-refractivity contribution is 6.35. The summed E-state index contributed by atoms with van der Waals surface area (Å²) in [5.74, 6) is 0.495. The first kappa shape index (κ1) is 13.6. The number of rotatable bonds is 1. The molecular formula is C15H9Cl3N2. The zero-order valence-electron chi connectivity index (χ0n) is 10.5. The van der Waals surface area contributed by atoms with Crippen LogP contribution in [-0.4, -0.2) is 9.97 Å². The van der Waals surface area contributed by atoms with Crippen LogP contribution in [0.2, 0.25) is 15.2 Å². The Balaban J connectivity index is 2.26. The van der Waals surface area contributed by atoms with Crippen molar-refractivity contribution in [3.8, 4) is 11.4 Å². The SMILES string of the molecule is Cc1ccc(-c2nc(Cl)c3ccc(Cl)cc3n2)c(Cl)c1. The summed E-state index contributed by atoms with van der Waals surface area (Å²) in [5.41, 5.74) is 2.53. The van der Waals surface area contributed by atoms with E-state index in [1.165, 1.54) is 0 Å². The van der Waals surface area contributed by atoms with Gasteiger partial charge in [0.25, 0.3) is 0 Å². The fraction of sp³-hybridized carbons (Fsp3) is 0.0667. The Morgan fingerprint density at radius 1 is 0.900 bits per heavy atom. The van der Waals surface area contributed by atoms with E-state index >= 15 is 0 Å². The first-order chi connectivity index (χ1) is 9.54. The Hall–Kier alpha value is -1.35. The summed E-state index contributed by atoms with van der Waals surface area (Å²) in [7, 11) is 0. The number of hydrogen-bond donors (Lipinski definition) is 0. The number of hydrogen-bond acceptors (Lipinski definition) is 2. The highest BCUT2D eigenvalue weighted by Crippen LogP contribution is 2.30. The minimum absolute atomic E-state index is 0.387. The van der Waals surface area contributed by atoms with Gasteiger partial charge in [0.15, 0.2) is 5.82 Å². The second-order valence-electron chi connectivity index (χ2n) is 4.48. The third-order valence-corrected chi connectivity index (χ3v) is 3.81. The smallest absolute Gasteiger partial charge is 0.162 e. The maximum absolute atomic E-state index is 6.25. The summed E-state index contributed by atoms with van der Waals surface area (Å²) in [6.45, 7) is 1.98. The van der Waals surface area contributed by atoms with Gasteiger partial charge in [0.1, 0.15) is 5.15 Å². The Morgan fingerprint density at radius 3 is 2.45 bits per heavy atom. The number of fused-ring (bicyclic) bond motifs is 1.